The molecule has 1 aliphatic rings. The van der Waals surface area contributed by atoms with Crippen LogP contribution in [0.3, 0.4) is 0 Å². The van der Waals surface area contributed by atoms with Crippen molar-refractivity contribution in [3.63, 3.8) is 0 Å². The number of likely N-dealkylation sites (tertiary alicyclic amines) is 1. The molecule has 1 aromatic rings. The van der Waals surface area contributed by atoms with Gasteiger partial charge in [0, 0.05) is 25.8 Å². The lowest BCUT2D eigenvalue weighted by Crippen LogP contribution is -2.33. The second-order valence-electron chi connectivity index (χ2n) is 4.76. The lowest BCUT2D eigenvalue weighted by Gasteiger charge is -2.23. The van der Waals surface area contributed by atoms with Crippen LogP contribution in [0.25, 0.3) is 0 Å². The van der Waals surface area contributed by atoms with Gasteiger partial charge in [-0.2, -0.15) is 0 Å². The van der Waals surface area contributed by atoms with Gasteiger partial charge in [-0.25, -0.2) is 4.79 Å². The third kappa shape index (κ3) is 3.96. The number of hydrogen-bond acceptors (Lipinski definition) is 3. The Morgan fingerprint density at radius 3 is 2.32 bits per heavy atom. The Balaban J connectivity index is 1.96. The number of carbonyl (C=O) groups is 1. The van der Waals surface area contributed by atoms with Gasteiger partial charge in [0.15, 0.2) is 0 Å². The van der Waals surface area contributed by atoms with Gasteiger partial charge in [0.1, 0.15) is 0 Å². The average molecular weight is 263 g/mol. The van der Waals surface area contributed by atoms with E-state index in [1.54, 1.807) is 12.0 Å². The fourth-order valence-electron chi connectivity index (χ4n) is 2.28. The van der Waals surface area contributed by atoms with Crippen molar-refractivity contribution in [1.29, 1.82) is 0 Å². The minimum atomic E-state index is -0.628. The van der Waals surface area contributed by atoms with Gasteiger partial charge in [-0.1, -0.05) is 43.2 Å². The molecular formula is C15H21NO3. The van der Waals surface area contributed by atoms with E-state index in [4.69, 9.17) is 9.47 Å². The van der Waals surface area contributed by atoms with Gasteiger partial charge in [-0.05, 0) is 12.8 Å². The Morgan fingerprint density at radius 1 is 1.11 bits per heavy atom. The van der Waals surface area contributed by atoms with Crippen molar-refractivity contribution in [2.45, 2.75) is 32.0 Å². The van der Waals surface area contributed by atoms with E-state index in [-0.39, 0.29) is 6.09 Å². The zero-order chi connectivity index (χ0) is 13.5. The normalized spacial score (nSPS) is 17.6. The van der Waals surface area contributed by atoms with Crippen LogP contribution in [0.2, 0.25) is 0 Å². The fourth-order valence-corrected chi connectivity index (χ4v) is 2.28. The molecule has 0 bridgehead atoms. The van der Waals surface area contributed by atoms with E-state index in [9.17, 15) is 4.79 Å². The van der Waals surface area contributed by atoms with E-state index in [1.165, 1.54) is 12.8 Å². The van der Waals surface area contributed by atoms with Gasteiger partial charge >= 0.3 is 6.09 Å². The van der Waals surface area contributed by atoms with Crippen LogP contribution in [0.15, 0.2) is 30.3 Å². The van der Waals surface area contributed by atoms with Crippen LogP contribution in [-0.4, -0.2) is 31.2 Å². The van der Waals surface area contributed by atoms with E-state index in [0.717, 1.165) is 31.5 Å². The Morgan fingerprint density at radius 2 is 1.74 bits per heavy atom. The number of hydrogen-bond donors (Lipinski definition) is 0. The predicted octanol–water partition coefficient (Wildman–Crippen LogP) is 3.34. The van der Waals surface area contributed by atoms with Gasteiger partial charge in [0.05, 0.1) is 0 Å². The summed E-state index contributed by atoms with van der Waals surface area (Å²) in [5, 5.41) is 0. The van der Waals surface area contributed by atoms with Crippen LogP contribution in [0.5, 0.6) is 0 Å². The number of carbonyl (C=O) groups excluding carboxylic acids is 1. The van der Waals surface area contributed by atoms with Gasteiger partial charge in [-0.15, -0.1) is 0 Å². The predicted molar refractivity (Wildman–Crippen MR) is 72.7 cm³/mol. The minimum absolute atomic E-state index is 0.280. The van der Waals surface area contributed by atoms with Crippen LogP contribution in [0.4, 0.5) is 4.79 Å². The zero-order valence-electron chi connectivity index (χ0n) is 11.4. The van der Waals surface area contributed by atoms with Crippen LogP contribution in [0.1, 0.15) is 37.5 Å². The molecule has 1 saturated heterocycles. The van der Waals surface area contributed by atoms with Gasteiger partial charge in [0.25, 0.3) is 0 Å². The molecule has 0 aliphatic carbocycles. The molecule has 0 aromatic heterocycles. The van der Waals surface area contributed by atoms with Crippen molar-refractivity contribution in [3.8, 4) is 0 Å². The summed E-state index contributed by atoms with van der Waals surface area (Å²) >= 11 is 0. The highest BCUT2D eigenvalue weighted by atomic mass is 16.7. The van der Waals surface area contributed by atoms with Crippen molar-refractivity contribution >= 4 is 6.09 Å². The van der Waals surface area contributed by atoms with Crippen LogP contribution in [-0.2, 0) is 9.47 Å². The van der Waals surface area contributed by atoms with Crippen molar-refractivity contribution < 1.29 is 14.3 Å². The molecule has 0 N–H and O–H groups in total. The van der Waals surface area contributed by atoms with E-state index in [0.29, 0.717) is 0 Å². The number of nitrogens with zero attached hydrogens (tertiary/aromatic N) is 1. The third-order valence-electron chi connectivity index (χ3n) is 3.36. The summed E-state index contributed by atoms with van der Waals surface area (Å²) in [7, 11) is 1.55. The highest BCUT2D eigenvalue weighted by molar-refractivity contribution is 5.67. The largest absolute Gasteiger partial charge is 0.415 e. The Hall–Kier alpha value is -1.55. The first-order valence-corrected chi connectivity index (χ1v) is 6.84. The van der Waals surface area contributed by atoms with E-state index < -0.39 is 6.29 Å². The molecule has 0 saturated carbocycles. The molecule has 1 amide bonds. The number of amides is 1. The first-order valence-electron chi connectivity index (χ1n) is 6.84. The second-order valence-corrected chi connectivity index (χ2v) is 4.76. The van der Waals surface area contributed by atoms with Crippen LogP contribution < -0.4 is 0 Å². The average Bonchev–Trinajstić information content (AvgIpc) is 2.74. The number of rotatable bonds is 3. The van der Waals surface area contributed by atoms with Crippen molar-refractivity contribution in [1.82, 2.24) is 4.90 Å². The molecule has 4 heteroatoms. The molecular weight excluding hydrogens is 242 g/mol. The molecule has 1 heterocycles. The first-order chi connectivity index (χ1) is 9.31. The summed E-state index contributed by atoms with van der Waals surface area (Å²) in [4.78, 5) is 13.9. The van der Waals surface area contributed by atoms with E-state index in [2.05, 4.69) is 0 Å². The lowest BCUT2D eigenvalue weighted by molar-refractivity contribution is -0.0938. The SMILES string of the molecule is COC(OC(=O)N1CCCCCC1)c1ccccc1. The molecule has 0 radical (unpaired) electrons. The zero-order valence-corrected chi connectivity index (χ0v) is 11.4. The third-order valence-corrected chi connectivity index (χ3v) is 3.36. The standard InChI is InChI=1S/C15H21NO3/c1-18-14(13-9-5-4-6-10-13)19-15(17)16-11-7-2-3-8-12-16/h4-6,9-10,14H,2-3,7-8,11-12H2,1H3. The Labute approximate surface area is 114 Å². The fraction of sp³-hybridized carbons (Fsp3) is 0.533. The second kappa shape index (κ2) is 7.14. The summed E-state index contributed by atoms with van der Waals surface area (Å²) in [5.74, 6) is 0. The molecule has 2 rings (SSSR count). The van der Waals surface area contributed by atoms with Gasteiger partial charge < -0.3 is 14.4 Å². The van der Waals surface area contributed by atoms with Crippen molar-refractivity contribution in [2.24, 2.45) is 0 Å². The summed E-state index contributed by atoms with van der Waals surface area (Å²) in [5.41, 5.74) is 0.855. The van der Waals surface area contributed by atoms with Crippen LogP contribution in [0, 0.1) is 0 Å². The van der Waals surface area contributed by atoms with Crippen molar-refractivity contribution in [2.75, 3.05) is 20.2 Å². The van der Waals surface area contributed by atoms with Gasteiger partial charge in [-0.3, -0.25) is 0 Å². The Kier molecular flexibility index (Phi) is 5.21. The molecule has 1 aliphatic heterocycles. The summed E-state index contributed by atoms with van der Waals surface area (Å²) in [6.07, 6.45) is 3.58. The van der Waals surface area contributed by atoms with Gasteiger partial charge in [0.2, 0.25) is 6.29 Å². The number of methoxy groups -OCH3 is 1. The minimum Gasteiger partial charge on any atom is -0.415 e. The topological polar surface area (TPSA) is 38.8 Å². The van der Waals surface area contributed by atoms with Crippen molar-refractivity contribution in [3.05, 3.63) is 35.9 Å². The quantitative estimate of drug-likeness (QED) is 0.785. The highest BCUT2D eigenvalue weighted by Gasteiger charge is 2.21. The van der Waals surface area contributed by atoms with E-state index >= 15 is 0 Å². The lowest BCUT2D eigenvalue weighted by atomic mass is 10.2. The number of benzene rings is 1. The molecule has 4 nitrogen and oxygen atoms in total. The maximum Gasteiger partial charge on any atom is 0.412 e. The smallest absolute Gasteiger partial charge is 0.412 e. The molecule has 1 atom stereocenters. The highest BCUT2D eigenvalue weighted by Crippen LogP contribution is 2.20. The molecule has 1 aromatic carbocycles. The maximum atomic E-state index is 12.1. The summed E-state index contributed by atoms with van der Waals surface area (Å²) in [6, 6.07) is 9.52. The monoisotopic (exact) mass is 263 g/mol. The molecule has 1 fully saturated rings. The molecule has 1 unspecified atom stereocenters. The number of ether oxygens (including phenoxy) is 2. The van der Waals surface area contributed by atoms with Crippen LogP contribution >= 0.6 is 0 Å². The Bertz CT molecular complexity index is 386. The summed E-state index contributed by atoms with van der Waals surface area (Å²) < 4.78 is 10.7. The first kappa shape index (κ1) is 13.9. The summed E-state index contributed by atoms with van der Waals surface area (Å²) in [6.45, 7) is 1.56. The van der Waals surface area contributed by atoms with E-state index in [1.807, 2.05) is 30.3 Å². The molecule has 19 heavy (non-hydrogen) atoms. The molecule has 104 valence electrons. The molecule has 0 spiro atoms. The maximum absolute atomic E-state index is 12.1.